The van der Waals surface area contributed by atoms with Gasteiger partial charge < -0.3 is 15.2 Å². The summed E-state index contributed by atoms with van der Waals surface area (Å²) in [7, 11) is 0. The summed E-state index contributed by atoms with van der Waals surface area (Å²) < 4.78 is 5.66. The molecule has 0 aliphatic carbocycles. The van der Waals surface area contributed by atoms with Crippen LogP contribution in [0.15, 0.2) is 12.1 Å². The number of halogens is 1. The molecule has 0 radical (unpaired) electrons. The molecule has 2 N–H and O–H groups in total. The van der Waals surface area contributed by atoms with Crippen molar-refractivity contribution in [2.24, 2.45) is 0 Å². The van der Waals surface area contributed by atoms with Crippen LogP contribution in [-0.4, -0.2) is 23.9 Å². The van der Waals surface area contributed by atoms with E-state index in [0.717, 1.165) is 35.8 Å². The molecule has 1 heterocycles. The molecule has 100 valence electrons. The van der Waals surface area contributed by atoms with Crippen LogP contribution in [0, 0.1) is 0 Å². The van der Waals surface area contributed by atoms with Crippen LogP contribution >= 0.6 is 11.6 Å². The Balaban J connectivity index is 2.10. The van der Waals surface area contributed by atoms with Crippen LogP contribution in [0.4, 0.5) is 0 Å². The Morgan fingerprint density at radius 2 is 2.22 bits per heavy atom. The molecule has 0 saturated carbocycles. The van der Waals surface area contributed by atoms with E-state index in [1.54, 1.807) is 0 Å². The Bertz CT molecular complexity index is 432. The van der Waals surface area contributed by atoms with Crippen molar-refractivity contribution in [2.45, 2.75) is 38.8 Å². The molecular weight excluding hydrogens is 250 g/mol. The Kier molecular flexibility index (Phi) is 4.15. The van der Waals surface area contributed by atoms with E-state index >= 15 is 0 Å². The standard InChI is InChI=1S/C14H20ClNO2/c1-14(2,4-5-17)16-9-11-8-12(15)7-10-3-6-18-13(10)11/h7-8,16-17H,3-6,9H2,1-2H3. The Morgan fingerprint density at radius 1 is 1.44 bits per heavy atom. The van der Waals surface area contributed by atoms with E-state index in [4.69, 9.17) is 21.4 Å². The quantitative estimate of drug-likeness (QED) is 0.863. The number of ether oxygens (including phenoxy) is 1. The zero-order chi connectivity index (χ0) is 13.2. The first kappa shape index (κ1) is 13.7. The summed E-state index contributed by atoms with van der Waals surface area (Å²) in [4.78, 5) is 0. The van der Waals surface area contributed by atoms with Crippen molar-refractivity contribution in [1.29, 1.82) is 0 Å². The van der Waals surface area contributed by atoms with E-state index in [1.807, 2.05) is 12.1 Å². The molecule has 1 aromatic carbocycles. The van der Waals surface area contributed by atoms with Gasteiger partial charge in [0.2, 0.25) is 0 Å². The zero-order valence-electron chi connectivity index (χ0n) is 10.9. The lowest BCUT2D eigenvalue weighted by Gasteiger charge is -2.26. The molecule has 1 aliphatic heterocycles. The van der Waals surface area contributed by atoms with Crippen LogP contribution in [0.1, 0.15) is 31.4 Å². The largest absolute Gasteiger partial charge is 0.493 e. The molecule has 1 aromatic rings. The summed E-state index contributed by atoms with van der Waals surface area (Å²) in [5.41, 5.74) is 2.20. The number of nitrogens with one attached hydrogen (secondary N) is 1. The molecule has 0 spiro atoms. The number of rotatable bonds is 5. The fourth-order valence-corrected chi connectivity index (χ4v) is 2.44. The molecule has 3 nitrogen and oxygen atoms in total. The number of benzene rings is 1. The molecule has 0 unspecified atom stereocenters. The number of hydrogen-bond acceptors (Lipinski definition) is 3. The highest BCUT2D eigenvalue weighted by Crippen LogP contribution is 2.33. The summed E-state index contributed by atoms with van der Waals surface area (Å²) in [6, 6.07) is 3.93. The molecule has 18 heavy (non-hydrogen) atoms. The van der Waals surface area contributed by atoms with E-state index < -0.39 is 0 Å². The van der Waals surface area contributed by atoms with Crippen LogP contribution < -0.4 is 10.1 Å². The highest BCUT2D eigenvalue weighted by Gasteiger charge is 2.20. The topological polar surface area (TPSA) is 41.5 Å². The molecular formula is C14H20ClNO2. The van der Waals surface area contributed by atoms with E-state index in [1.165, 1.54) is 5.56 Å². The molecule has 0 aromatic heterocycles. The van der Waals surface area contributed by atoms with Gasteiger partial charge in [0, 0.05) is 35.7 Å². The minimum Gasteiger partial charge on any atom is -0.493 e. The Morgan fingerprint density at radius 3 is 2.94 bits per heavy atom. The number of aliphatic hydroxyl groups excluding tert-OH is 1. The molecule has 0 bridgehead atoms. The molecule has 0 fully saturated rings. The van der Waals surface area contributed by atoms with Crippen LogP contribution in [0.5, 0.6) is 5.75 Å². The van der Waals surface area contributed by atoms with Crippen LogP contribution in [-0.2, 0) is 13.0 Å². The smallest absolute Gasteiger partial charge is 0.127 e. The lowest BCUT2D eigenvalue weighted by Crippen LogP contribution is -2.39. The predicted molar refractivity (Wildman–Crippen MR) is 73.3 cm³/mol. The number of hydrogen-bond donors (Lipinski definition) is 2. The summed E-state index contributed by atoms with van der Waals surface area (Å²) in [5.74, 6) is 0.978. The maximum Gasteiger partial charge on any atom is 0.127 e. The van der Waals surface area contributed by atoms with E-state index in [0.29, 0.717) is 6.54 Å². The van der Waals surface area contributed by atoms with Crippen molar-refractivity contribution in [1.82, 2.24) is 5.32 Å². The highest BCUT2D eigenvalue weighted by molar-refractivity contribution is 6.30. The summed E-state index contributed by atoms with van der Waals surface area (Å²) in [5, 5.41) is 13.2. The van der Waals surface area contributed by atoms with Gasteiger partial charge in [0.15, 0.2) is 0 Å². The fourth-order valence-electron chi connectivity index (χ4n) is 2.18. The third-order valence-corrected chi connectivity index (χ3v) is 3.54. The van der Waals surface area contributed by atoms with Gasteiger partial charge in [-0.15, -0.1) is 0 Å². The van der Waals surface area contributed by atoms with Crippen LogP contribution in [0.25, 0.3) is 0 Å². The van der Waals surface area contributed by atoms with Crippen molar-refractivity contribution in [3.8, 4) is 5.75 Å². The average Bonchev–Trinajstić information content (AvgIpc) is 2.73. The highest BCUT2D eigenvalue weighted by atomic mass is 35.5. The Hall–Kier alpha value is -0.770. The second-order valence-corrected chi connectivity index (χ2v) is 5.80. The average molecular weight is 270 g/mol. The number of fused-ring (bicyclic) bond motifs is 1. The Labute approximate surface area is 113 Å². The summed E-state index contributed by atoms with van der Waals surface area (Å²) in [6.07, 6.45) is 1.65. The van der Waals surface area contributed by atoms with Gasteiger partial charge in [-0.1, -0.05) is 11.6 Å². The minimum absolute atomic E-state index is 0.0947. The molecule has 1 aliphatic rings. The van der Waals surface area contributed by atoms with Crippen molar-refractivity contribution in [2.75, 3.05) is 13.2 Å². The van der Waals surface area contributed by atoms with Crippen molar-refractivity contribution in [3.63, 3.8) is 0 Å². The lowest BCUT2D eigenvalue weighted by atomic mass is 10.00. The first-order valence-electron chi connectivity index (χ1n) is 6.32. The molecule has 0 amide bonds. The van der Waals surface area contributed by atoms with Gasteiger partial charge in [0.05, 0.1) is 6.61 Å². The van der Waals surface area contributed by atoms with Gasteiger partial charge in [-0.3, -0.25) is 0 Å². The normalized spacial score (nSPS) is 14.4. The van der Waals surface area contributed by atoms with Gasteiger partial charge in [0.25, 0.3) is 0 Å². The monoisotopic (exact) mass is 269 g/mol. The van der Waals surface area contributed by atoms with Gasteiger partial charge in [0.1, 0.15) is 5.75 Å². The summed E-state index contributed by atoms with van der Waals surface area (Å²) >= 11 is 6.12. The van der Waals surface area contributed by atoms with Gasteiger partial charge in [-0.25, -0.2) is 0 Å². The van der Waals surface area contributed by atoms with Crippen LogP contribution in [0.3, 0.4) is 0 Å². The SMILES string of the molecule is CC(C)(CCO)NCc1cc(Cl)cc2c1OCC2. The maximum absolute atomic E-state index is 9.01. The van der Waals surface area contributed by atoms with E-state index in [2.05, 4.69) is 19.2 Å². The third-order valence-electron chi connectivity index (χ3n) is 3.32. The predicted octanol–water partition coefficient (Wildman–Crippen LogP) is 2.53. The molecule has 0 atom stereocenters. The zero-order valence-corrected chi connectivity index (χ0v) is 11.7. The van der Waals surface area contributed by atoms with Gasteiger partial charge in [-0.05, 0) is 38.0 Å². The molecule has 2 rings (SSSR count). The molecule has 0 saturated heterocycles. The number of aliphatic hydroxyl groups is 1. The van der Waals surface area contributed by atoms with Gasteiger partial charge >= 0.3 is 0 Å². The van der Waals surface area contributed by atoms with E-state index in [-0.39, 0.29) is 12.1 Å². The third kappa shape index (κ3) is 3.16. The lowest BCUT2D eigenvalue weighted by molar-refractivity contribution is 0.229. The van der Waals surface area contributed by atoms with Gasteiger partial charge in [-0.2, -0.15) is 0 Å². The second kappa shape index (κ2) is 5.47. The first-order chi connectivity index (χ1) is 8.52. The van der Waals surface area contributed by atoms with Crippen molar-refractivity contribution >= 4 is 11.6 Å². The van der Waals surface area contributed by atoms with Crippen molar-refractivity contribution in [3.05, 3.63) is 28.3 Å². The minimum atomic E-state index is -0.0947. The maximum atomic E-state index is 9.01. The second-order valence-electron chi connectivity index (χ2n) is 5.36. The van der Waals surface area contributed by atoms with Crippen LogP contribution in [0.2, 0.25) is 5.02 Å². The first-order valence-corrected chi connectivity index (χ1v) is 6.69. The fraction of sp³-hybridized carbons (Fsp3) is 0.571. The van der Waals surface area contributed by atoms with E-state index in [9.17, 15) is 0 Å². The van der Waals surface area contributed by atoms with Crippen molar-refractivity contribution < 1.29 is 9.84 Å². The molecule has 4 heteroatoms. The summed E-state index contributed by atoms with van der Waals surface area (Å²) in [6.45, 7) is 5.78.